The molecule has 5 nitrogen and oxygen atoms in total. The van der Waals surface area contributed by atoms with Crippen LogP contribution in [0.25, 0.3) is 10.2 Å². The molecule has 1 amide bonds. The fourth-order valence-corrected chi connectivity index (χ4v) is 4.74. The van der Waals surface area contributed by atoms with Crippen LogP contribution in [-0.2, 0) is 4.79 Å². The highest BCUT2D eigenvalue weighted by atomic mass is 32.1. The zero-order valence-corrected chi connectivity index (χ0v) is 14.5. The number of piperidine rings is 2. The maximum atomic E-state index is 12.7. The van der Waals surface area contributed by atoms with Crippen LogP contribution in [0.15, 0.2) is 24.3 Å². The van der Waals surface area contributed by atoms with Crippen LogP contribution in [0.5, 0.6) is 0 Å². The highest BCUT2D eigenvalue weighted by Crippen LogP contribution is 2.32. The number of nitrogens with zero attached hydrogens (tertiary/aromatic N) is 3. The summed E-state index contributed by atoms with van der Waals surface area (Å²) < 4.78 is 1.22. The van der Waals surface area contributed by atoms with E-state index in [1.165, 1.54) is 4.70 Å². The van der Waals surface area contributed by atoms with Gasteiger partial charge in [0.1, 0.15) is 0 Å². The molecule has 0 spiro atoms. The van der Waals surface area contributed by atoms with Gasteiger partial charge in [0.05, 0.1) is 16.3 Å². The fraction of sp³-hybridized carbons (Fsp3) is 0.556. The van der Waals surface area contributed by atoms with E-state index in [4.69, 9.17) is 4.98 Å². The lowest BCUT2D eigenvalue weighted by Crippen LogP contribution is -2.47. The van der Waals surface area contributed by atoms with Gasteiger partial charge in [0.2, 0.25) is 5.91 Å². The number of hydrogen-bond donors (Lipinski definition) is 1. The predicted molar refractivity (Wildman–Crippen MR) is 96.4 cm³/mol. The van der Waals surface area contributed by atoms with Gasteiger partial charge in [-0.15, -0.1) is 0 Å². The number of carbonyl (C=O) groups is 1. The highest BCUT2D eigenvalue weighted by Gasteiger charge is 2.31. The number of fused-ring (bicyclic) bond motifs is 1. The van der Waals surface area contributed by atoms with E-state index in [-0.39, 0.29) is 17.9 Å². The molecule has 128 valence electrons. The van der Waals surface area contributed by atoms with E-state index in [0.717, 1.165) is 56.0 Å². The standard InChI is InChI=1S/C18H23N3O2S/c22-14-4-3-9-21(12-14)17(23)13-7-10-20(11-8-13)18-19-15-5-1-2-6-16(15)24-18/h1-2,5-6,13-14,22H,3-4,7-12H2. The minimum Gasteiger partial charge on any atom is -0.391 e. The molecule has 1 aromatic heterocycles. The average molecular weight is 345 g/mol. The predicted octanol–water partition coefficient (Wildman–Crippen LogP) is 2.50. The van der Waals surface area contributed by atoms with E-state index in [2.05, 4.69) is 11.0 Å². The first-order valence-corrected chi connectivity index (χ1v) is 9.60. The lowest BCUT2D eigenvalue weighted by molar-refractivity contribution is -0.139. The normalized spacial score (nSPS) is 23.0. The van der Waals surface area contributed by atoms with Crippen molar-refractivity contribution in [3.05, 3.63) is 24.3 Å². The Morgan fingerprint density at radius 3 is 2.71 bits per heavy atom. The third kappa shape index (κ3) is 3.13. The molecule has 0 aliphatic carbocycles. The number of para-hydroxylation sites is 1. The topological polar surface area (TPSA) is 56.7 Å². The van der Waals surface area contributed by atoms with Gasteiger partial charge in [-0.1, -0.05) is 23.5 Å². The molecule has 0 radical (unpaired) electrons. The SMILES string of the molecule is O=C(C1CCN(c2nc3ccccc3s2)CC1)N1CCCC(O)C1. The second-order valence-corrected chi connectivity index (χ2v) is 7.81. The number of benzene rings is 1. The van der Waals surface area contributed by atoms with Crippen molar-refractivity contribution in [1.29, 1.82) is 0 Å². The van der Waals surface area contributed by atoms with Crippen LogP contribution in [0.1, 0.15) is 25.7 Å². The zero-order valence-electron chi connectivity index (χ0n) is 13.7. The van der Waals surface area contributed by atoms with Crippen LogP contribution in [0.2, 0.25) is 0 Å². The summed E-state index contributed by atoms with van der Waals surface area (Å²) in [4.78, 5) is 21.6. The van der Waals surface area contributed by atoms with Gasteiger partial charge in [-0.05, 0) is 37.8 Å². The molecule has 4 rings (SSSR count). The third-order valence-electron chi connectivity index (χ3n) is 5.11. The first kappa shape index (κ1) is 15.8. The van der Waals surface area contributed by atoms with Crippen molar-refractivity contribution in [3.63, 3.8) is 0 Å². The number of anilines is 1. The molecule has 1 N–H and O–H groups in total. The lowest BCUT2D eigenvalue weighted by Gasteiger charge is -2.36. The number of rotatable bonds is 2. The van der Waals surface area contributed by atoms with E-state index in [9.17, 15) is 9.90 Å². The van der Waals surface area contributed by atoms with E-state index in [1.807, 2.05) is 23.1 Å². The van der Waals surface area contributed by atoms with Crippen molar-refractivity contribution in [3.8, 4) is 0 Å². The monoisotopic (exact) mass is 345 g/mol. The van der Waals surface area contributed by atoms with Crippen LogP contribution in [0, 0.1) is 5.92 Å². The van der Waals surface area contributed by atoms with Crippen molar-refractivity contribution in [2.24, 2.45) is 5.92 Å². The van der Waals surface area contributed by atoms with Gasteiger partial charge in [-0.25, -0.2) is 4.98 Å². The summed E-state index contributed by atoms with van der Waals surface area (Å²) in [5.74, 6) is 0.332. The molecule has 2 aliphatic heterocycles. The molecule has 2 aromatic rings. The van der Waals surface area contributed by atoms with Gasteiger partial charge in [0.25, 0.3) is 0 Å². The van der Waals surface area contributed by atoms with Crippen molar-refractivity contribution < 1.29 is 9.90 Å². The third-order valence-corrected chi connectivity index (χ3v) is 6.20. The zero-order chi connectivity index (χ0) is 16.5. The first-order chi connectivity index (χ1) is 11.7. The quantitative estimate of drug-likeness (QED) is 0.909. The van der Waals surface area contributed by atoms with E-state index >= 15 is 0 Å². The van der Waals surface area contributed by atoms with Crippen LogP contribution in [0.3, 0.4) is 0 Å². The van der Waals surface area contributed by atoms with Crippen LogP contribution >= 0.6 is 11.3 Å². The Morgan fingerprint density at radius 1 is 1.17 bits per heavy atom. The molecular weight excluding hydrogens is 322 g/mol. The van der Waals surface area contributed by atoms with Crippen molar-refractivity contribution in [2.75, 3.05) is 31.1 Å². The second kappa shape index (κ2) is 6.69. The first-order valence-electron chi connectivity index (χ1n) is 8.78. The Bertz CT molecular complexity index is 691. The number of likely N-dealkylation sites (tertiary alicyclic amines) is 1. The molecule has 6 heteroatoms. The maximum Gasteiger partial charge on any atom is 0.225 e. The Kier molecular flexibility index (Phi) is 4.41. The number of β-amino-alcohol motifs (C(OH)–C–C–N with tert-alkyl or cyclic N) is 1. The van der Waals surface area contributed by atoms with E-state index < -0.39 is 0 Å². The Balaban J connectivity index is 1.38. The number of amides is 1. The van der Waals surface area contributed by atoms with Crippen molar-refractivity contribution in [1.82, 2.24) is 9.88 Å². The summed E-state index contributed by atoms with van der Waals surface area (Å²) in [5, 5.41) is 10.8. The number of aliphatic hydroxyl groups is 1. The molecule has 2 saturated heterocycles. The minimum absolute atomic E-state index is 0.0981. The molecule has 0 saturated carbocycles. The van der Waals surface area contributed by atoms with Crippen molar-refractivity contribution in [2.45, 2.75) is 31.8 Å². The number of carbonyl (C=O) groups excluding carboxylic acids is 1. The number of hydrogen-bond acceptors (Lipinski definition) is 5. The van der Waals surface area contributed by atoms with Gasteiger partial charge >= 0.3 is 0 Å². The summed E-state index contributed by atoms with van der Waals surface area (Å²) in [6.07, 6.45) is 3.14. The fourth-order valence-electron chi connectivity index (χ4n) is 3.73. The molecule has 1 aromatic carbocycles. The second-order valence-electron chi connectivity index (χ2n) is 6.81. The largest absolute Gasteiger partial charge is 0.391 e. The molecule has 1 atom stereocenters. The molecule has 1 unspecified atom stereocenters. The maximum absolute atomic E-state index is 12.7. The van der Waals surface area contributed by atoms with Crippen LogP contribution in [0.4, 0.5) is 5.13 Å². The summed E-state index contributed by atoms with van der Waals surface area (Å²) in [7, 11) is 0. The van der Waals surface area contributed by atoms with E-state index in [1.54, 1.807) is 11.3 Å². The van der Waals surface area contributed by atoms with Crippen LogP contribution < -0.4 is 4.90 Å². The van der Waals surface area contributed by atoms with Gasteiger partial charge in [-0.2, -0.15) is 0 Å². The Labute approximate surface area is 145 Å². The van der Waals surface area contributed by atoms with Gasteiger partial charge in [-0.3, -0.25) is 4.79 Å². The summed E-state index contributed by atoms with van der Waals surface area (Å²) >= 11 is 1.73. The molecular formula is C18H23N3O2S. The van der Waals surface area contributed by atoms with E-state index in [0.29, 0.717) is 6.54 Å². The Hall–Kier alpha value is -1.66. The Morgan fingerprint density at radius 2 is 1.96 bits per heavy atom. The summed E-state index contributed by atoms with van der Waals surface area (Å²) in [6.45, 7) is 3.07. The smallest absolute Gasteiger partial charge is 0.225 e. The number of aromatic nitrogens is 1. The number of thiazole rings is 1. The summed E-state index contributed by atoms with van der Waals surface area (Å²) in [6, 6.07) is 8.22. The van der Waals surface area contributed by atoms with Gasteiger partial charge < -0.3 is 14.9 Å². The van der Waals surface area contributed by atoms with Crippen molar-refractivity contribution >= 4 is 32.6 Å². The van der Waals surface area contributed by atoms with Crippen LogP contribution in [-0.4, -0.2) is 53.2 Å². The molecule has 2 fully saturated rings. The minimum atomic E-state index is -0.342. The average Bonchev–Trinajstić information content (AvgIpc) is 3.05. The van der Waals surface area contributed by atoms with Gasteiger partial charge in [0, 0.05) is 32.1 Å². The molecule has 24 heavy (non-hydrogen) atoms. The molecule has 2 aliphatic rings. The molecule has 0 bridgehead atoms. The highest BCUT2D eigenvalue weighted by molar-refractivity contribution is 7.22. The van der Waals surface area contributed by atoms with Gasteiger partial charge in [0.15, 0.2) is 5.13 Å². The summed E-state index contributed by atoms with van der Waals surface area (Å²) in [5.41, 5.74) is 1.05. The molecule has 3 heterocycles. The lowest BCUT2D eigenvalue weighted by atomic mass is 9.94. The number of aliphatic hydroxyl groups excluding tert-OH is 1.